The number of nitriles is 2. The first kappa shape index (κ1) is 112. The van der Waals surface area contributed by atoms with E-state index in [1.54, 1.807) is 139 Å². The van der Waals surface area contributed by atoms with E-state index in [-0.39, 0.29) is 44.0 Å². The molecule has 43 heteroatoms. The average molecular weight is 2430 g/mol. The number of hydrogen-bond donors (Lipinski definition) is 8. The van der Waals surface area contributed by atoms with Gasteiger partial charge in [-0.2, -0.15) is 10.5 Å². The fourth-order valence-electron chi connectivity index (χ4n) is 16.6. The van der Waals surface area contributed by atoms with Crippen molar-refractivity contribution in [3.8, 4) is 12.1 Å². The van der Waals surface area contributed by atoms with Crippen molar-refractivity contribution < 1.29 is 48.4 Å². The van der Waals surface area contributed by atoms with E-state index in [0.717, 1.165) is 185 Å². The van der Waals surface area contributed by atoms with Crippen LogP contribution in [0.2, 0.25) is 10.0 Å². The highest BCUT2D eigenvalue weighted by Crippen LogP contribution is 2.39. The molecule has 4 aliphatic heterocycles. The van der Waals surface area contributed by atoms with Crippen LogP contribution in [0.15, 0.2) is 292 Å². The first-order chi connectivity index (χ1) is 69.9. The molecule has 20 rings (SSSR count). The first-order valence-corrected chi connectivity index (χ1v) is 57.7. The van der Waals surface area contributed by atoms with E-state index in [2.05, 4.69) is 200 Å². The van der Waals surface area contributed by atoms with Crippen LogP contribution < -0.4 is 27.0 Å². The first-order valence-electron chi connectivity index (χ1n) is 46.4. The second-order valence-corrected chi connectivity index (χ2v) is 48.0. The average Bonchev–Trinajstić information content (AvgIpc) is 1.63. The van der Waals surface area contributed by atoms with Crippen LogP contribution in [0.5, 0.6) is 0 Å². The maximum Gasteiger partial charge on any atom is 0.317 e. The Kier molecular flexibility index (Phi) is 40.1. The summed E-state index contributed by atoms with van der Waals surface area (Å²) in [5.74, 6) is -1.16. The number of aryl methyl sites for hydroxylation is 4. The summed E-state index contributed by atoms with van der Waals surface area (Å²) in [6.07, 6.45) is 24.9. The van der Waals surface area contributed by atoms with Crippen LogP contribution in [0.3, 0.4) is 0 Å². The van der Waals surface area contributed by atoms with Crippen LogP contribution >= 0.6 is 114 Å². The summed E-state index contributed by atoms with van der Waals surface area (Å²) in [4.78, 5) is 56.3. The van der Waals surface area contributed by atoms with E-state index < -0.39 is 51.5 Å². The minimum absolute atomic E-state index is 0.0479. The molecule has 4 saturated heterocycles. The van der Waals surface area contributed by atoms with Crippen LogP contribution in [0.25, 0.3) is 55.2 Å². The number of carboxylic acids is 1. The van der Waals surface area contributed by atoms with Gasteiger partial charge in [0, 0.05) is 170 Å². The highest BCUT2D eigenvalue weighted by Gasteiger charge is 2.30. The Morgan fingerprint density at radius 2 is 0.808 bits per heavy atom. The number of H-pyrrole nitrogens is 2. The predicted octanol–water partition coefficient (Wildman–Crippen LogP) is 22.1. The maximum absolute atomic E-state index is 13.3. The minimum atomic E-state index is -3.74. The number of carboxylic acid groups (broad SMARTS) is 1. The summed E-state index contributed by atoms with van der Waals surface area (Å²) in [6, 6.07) is 61.6. The lowest BCUT2D eigenvalue weighted by Gasteiger charge is -2.34. The van der Waals surface area contributed by atoms with Crippen molar-refractivity contribution in [3.63, 3.8) is 0 Å². The number of pyridine rings is 5. The Bertz CT molecular complexity index is 7800. The van der Waals surface area contributed by atoms with Gasteiger partial charge in [-0.1, -0.05) is 155 Å². The number of aliphatic carboxylic acids is 1. The number of rotatable bonds is 19. The summed E-state index contributed by atoms with van der Waals surface area (Å²) in [7, 11) is -9.60. The van der Waals surface area contributed by atoms with E-state index in [1.165, 1.54) is 69.1 Å². The van der Waals surface area contributed by atoms with Gasteiger partial charge < -0.3 is 47.0 Å². The Morgan fingerprint density at radius 1 is 0.438 bits per heavy atom. The zero-order valence-electron chi connectivity index (χ0n) is 79.7. The Labute approximate surface area is 904 Å². The SMILES string of the molecule is Cc1ccc(S(=O)(=O)Cl)cc1.Cc1ccc(S(=O)(=O)n2ccc3c(Cl)c(Br)cnc32)cc1.Cc1ccc(S(=O)(=O)n2ccc3c(N[C@@H]4CCCN(Cc5ccccc5)C4)c(Br)cnc32)cc1.Cc1ccc(S(=O)(=O)n2ccc3c(N[C@@H]4CCCNC4)c(Br)cnc32)cc1.Clc1c(Br)cnc2[nH]ccc12.N#CCC(=O)N1CCC[C@@H](Nc2c(Br)cnc3[nH]ccc23)C1.N#CCC(=O)O.N[C@@H]1CCCN(Cc2ccccc2)C1. The van der Waals surface area contributed by atoms with E-state index >= 15 is 0 Å². The van der Waals surface area contributed by atoms with Crippen molar-refractivity contribution in [3.05, 3.63) is 316 Å². The molecule has 9 N–H and O–H groups in total. The topological polar surface area (TPSA) is 433 Å². The molecule has 14 heterocycles. The number of halogens is 8. The molecule has 0 aliphatic carbocycles. The Balaban J connectivity index is 0.000000145. The molecule has 764 valence electrons. The quantitative estimate of drug-likeness (QED) is 0.0349. The molecule has 10 aromatic heterocycles. The van der Waals surface area contributed by atoms with E-state index in [0.29, 0.717) is 55.5 Å². The highest BCUT2D eigenvalue weighted by molar-refractivity contribution is 9.11. The molecule has 0 saturated carbocycles. The third-order valence-electron chi connectivity index (χ3n) is 24.0. The number of amides is 1. The van der Waals surface area contributed by atoms with Crippen molar-refractivity contribution in [2.45, 2.75) is 149 Å². The zero-order chi connectivity index (χ0) is 105. The molecule has 0 radical (unpaired) electrons. The molecule has 6 aromatic carbocycles. The fourth-order valence-corrected chi connectivity index (χ4v) is 23.6. The predicted molar refractivity (Wildman–Crippen MR) is 594 cm³/mol. The van der Waals surface area contributed by atoms with Gasteiger partial charge in [-0.25, -0.2) is 70.5 Å². The van der Waals surface area contributed by atoms with Crippen LogP contribution in [0.1, 0.15) is 97.6 Å². The molecule has 1 amide bonds. The van der Waals surface area contributed by atoms with Gasteiger partial charge in [0.25, 0.3) is 39.1 Å². The molecule has 31 nitrogen and oxygen atoms in total. The number of nitrogens with one attached hydrogen (secondary N) is 6. The molecule has 4 aliphatic rings. The third kappa shape index (κ3) is 29.8. The van der Waals surface area contributed by atoms with Crippen molar-refractivity contribution in [1.82, 2.24) is 66.8 Å². The number of piperidine rings is 4. The number of anilines is 3. The highest BCUT2D eigenvalue weighted by atomic mass is 79.9. The molecule has 146 heavy (non-hydrogen) atoms. The number of nitrogens with two attached hydrogens (primary N) is 1. The fraction of sp³-hybridized carbons (Fsp3) is 0.272. The Morgan fingerprint density at radius 3 is 1.24 bits per heavy atom. The molecule has 0 bridgehead atoms. The number of carbonyl (C=O) groups is 2. The molecule has 0 unspecified atom stereocenters. The number of aromatic amines is 2. The van der Waals surface area contributed by atoms with E-state index in [1.807, 2.05) is 70.4 Å². The van der Waals surface area contributed by atoms with E-state index in [4.69, 9.17) is 55.2 Å². The van der Waals surface area contributed by atoms with Crippen LogP contribution in [-0.2, 0) is 61.8 Å². The molecule has 16 aromatic rings. The summed E-state index contributed by atoms with van der Waals surface area (Å²) >= 11 is 29.4. The molecule has 0 spiro atoms. The largest absolute Gasteiger partial charge is 0.480 e. The number of benzene rings is 6. The number of carbonyl (C=O) groups excluding carboxylic acids is 1. The minimum Gasteiger partial charge on any atom is -0.480 e. The van der Waals surface area contributed by atoms with Crippen LogP contribution in [-0.4, -0.2) is 189 Å². The lowest BCUT2D eigenvalue weighted by molar-refractivity contribution is -0.136. The number of aromatic nitrogens is 10. The van der Waals surface area contributed by atoms with Crippen LogP contribution in [0, 0.1) is 50.4 Å². The van der Waals surface area contributed by atoms with Gasteiger partial charge in [-0.05, 0) is 268 Å². The van der Waals surface area contributed by atoms with Gasteiger partial charge in [0.05, 0.1) is 81.2 Å². The number of fused-ring (bicyclic) bond motifs is 5. The number of nitrogens with zero attached hydrogens (tertiary/aromatic N) is 13. The second kappa shape index (κ2) is 52.2. The third-order valence-corrected chi connectivity index (χ3v) is 34.7. The second-order valence-electron chi connectivity index (χ2n) is 34.9. The zero-order valence-corrected chi connectivity index (χ0v) is 93.2. The molecule has 4 fully saturated rings. The summed E-state index contributed by atoms with van der Waals surface area (Å²) in [5, 5.41) is 43.4. The van der Waals surface area contributed by atoms with Crippen molar-refractivity contribution in [2.75, 3.05) is 68.3 Å². The molecule has 4 atom stereocenters. The smallest absolute Gasteiger partial charge is 0.317 e. The van der Waals surface area contributed by atoms with Gasteiger partial charge in [-0.15, -0.1) is 0 Å². The summed E-state index contributed by atoms with van der Waals surface area (Å²) in [6.45, 7) is 17.2. The van der Waals surface area contributed by atoms with Gasteiger partial charge in [-0.3, -0.25) is 19.4 Å². The number of likely N-dealkylation sites (tertiary alicyclic amines) is 3. The lowest BCUT2D eigenvalue weighted by atomic mass is 10.0. The number of hydrogen-bond acceptors (Lipinski definition) is 24. The maximum atomic E-state index is 13.3. The summed E-state index contributed by atoms with van der Waals surface area (Å²) in [5.41, 5.74) is 18.2. The van der Waals surface area contributed by atoms with Crippen molar-refractivity contribution in [1.29, 1.82) is 10.5 Å². The summed E-state index contributed by atoms with van der Waals surface area (Å²) < 4.78 is 107. The van der Waals surface area contributed by atoms with Crippen molar-refractivity contribution in [2.24, 2.45) is 5.73 Å². The van der Waals surface area contributed by atoms with Gasteiger partial charge >= 0.3 is 5.97 Å². The standard InChI is InChI=1S/C26H27BrN4O2S.C19H21BrN4O2S.C15H16BrN5O.C14H10BrClN2O2S.C12H18N2.C7H4BrClN2.C7H7ClO2S.C3H3NO2/c1-19-9-11-22(12-10-19)34(32,33)31-15-13-23-25(24(27)16-28-26(23)31)29-21-8-5-14-30(18-21)17-20-6-3-2-4-7-20;1-13-4-6-15(7-5-13)27(25,26)24-10-8-16-18(17(20)12-22-19(16)24)23-14-3-2-9-21-11-14;16-12-8-19-15-11(4-6-18-15)14(12)20-10-2-1-7-21(9-10)13(22)3-5-17;1-9-2-4-10(5-3-9)21(19,20)18-7-6-11-13(16)12(15)8-17-14(11)18;13-12-7-4-8-14(10-12)9-11-5-2-1-3-6-11;8-5-3-11-7-4(6(5)9)1-2-10-7;1-6-2-4-7(5-3-6)11(8,9)10;4-2-1-3(5)6/h2-4,6-7,9-13,15-16,21H,5,8,14,17-18H2,1H3,(H,28,29);4-8,10,12,14,21H,2-3,9,11H2,1H3,(H,22,23);4,6,8,10H,1-3,7,9H2,(H2,18,19,20);2-8H,1H3;1-3,5-6,12H,4,7-10,13H2;1-3H,(H,10,11);2-5H,1H3;1H2,(H,5,6)/t21-;14-;10-;;12-;;;/m111.1.../s1. The van der Waals surface area contributed by atoms with Crippen LogP contribution in [0.4, 0.5) is 17.1 Å². The monoisotopic (exact) mass is 2430 g/mol. The molecular weight excluding hydrogens is 2330 g/mol. The van der Waals surface area contributed by atoms with E-state index in [9.17, 15) is 43.3 Å². The van der Waals surface area contributed by atoms with Gasteiger partial charge in [0.15, 0.2) is 16.9 Å². The van der Waals surface area contributed by atoms with Gasteiger partial charge in [0.2, 0.25) is 5.91 Å². The molecular formula is C103H106Br5Cl3N20O11S4. The van der Waals surface area contributed by atoms with Crippen molar-refractivity contribution >= 4 is 237 Å². The normalized spacial score (nSPS) is 16.0. The Hall–Kier alpha value is -11.0. The van der Waals surface area contributed by atoms with Gasteiger partial charge in [0.1, 0.15) is 24.1 Å². The lowest BCUT2D eigenvalue weighted by Crippen LogP contribution is -2.45.